The zero-order valence-corrected chi connectivity index (χ0v) is 12.9. The number of carbonyl (C=O) groups excluding carboxylic acids is 1. The predicted molar refractivity (Wildman–Crippen MR) is 92.2 cm³/mol. The van der Waals surface area contributed by atoms with Crippen molar-refractivity contribution >= 4 is 35.2 Å². The topological polar surface area (TPSA) is 54.4 Å². The van der Waals surface area contributed by atoms with Crippen molar-refractivity contribution in [3.63, 3.8) is 0 Å². The van der Waals surface area contributed by atoms with E-state index < -0.39 is 11.2 Å². The Hall–Kier alpha value is -2.59. The second kappa shape index (κ2) is 4.96. The molecule has 1 unspecified atom stereocenters. The fourth-order valence-corrected chi connectivity index (χ4v) is 3.49. The number of carbonyl (C=O) groups is 2. The summed E-state index contributed by atoms with van der Waals surface area (Å²) in [5.74, 6) is -1.03. The molecular weight excluding hydrogens is 308 g/mol. The van der Waals surface area contributed by atoms with Crippen LogP contribution in [0.4, 0.5) is 0 Å². The van der Waals surface area contributed by atoms with E-state index in [4.69, 9.17) is 0 Å². The van der Waals surface area contributed by atoms with E-state index in [0.717, 1.165) is 21.9 Å². The van der Waals surface area contributed by atoms with Crippen LogP contribution in [0.2, 0.25) is 0 Å². The highest BCUT2D eigenvalue weighted by Crippen LogP contribution is 2.44. The van der Waals surface area contributed by atoms with Gasteiger partial charge in [0.2, 0.25) is 0 Å². The molecule has 3 aromatic rings. The van der Waals surface area contributed by atoms with Gasteiger partial charge >= 0.3 is 5.97 Å². The second-order valence-corrected chi connectivity index (χ2v) is 6.07. The van der Waals surface area contributed by atoms with Gasteiger partial charge in [0.05, 0.1) is 0 Å². The Morgan fingerprint density at radius 1 is 0.913 bits per heavy atom. The summed E-state index contributed by atoms with van der Waals surface area (Å²) in [5, 5.41) is 10.2. The third kappa shape index (κ3) is 1.92. The molecule has 3 aromatic carbocycles. The van der Waals surface area contributed by atoms with Crippen molar-refractivity contribution in [2.24, 2.45) is 0 Å². The van der Waals surface area contributed by atoms with Crippen LogP contribution in [0.3, 0.4) is 0 Å². The summed E-state index contributed by atoms with van der Waals surface area (Å²) in [4.78, 5) is 24.2. The fourth-order valence-electron chi connectivity index (χ4n) is 3.28. The SMILES string of the molecule is O=C1c2ccccc2-c2c(C(S)C(=O)O)ccc3cccc1c23. The lowest BCUT2D eigenvalue weighted by atomic mass is 9.80. The second-order valence-electron chi connectivity index (χ2n) is 5.55. The molecule has 23 heavy (non-hydrogen) atoms. The maximum Gasteiger partial charge on any atom is 0.320 e. The number of ketones is 1. The van der Waals surface area contributed by atoms with Crippen molar-refractivity contribution < 1.29 is 14.7 Å². The van der Waals surface area contributed by atoms with Crippen molar-refractivity contribution in [3.05, 3.63) is 71.3 Å². The molecule has 0 bridgehead atoms. The molecule has 0 radical (unpaired) electrons. The van der Waals surface area contributed by atoms with Gasteiger partial charge in [-0.2, -0.15) is 12.6 Å². The molecule has 1 N–H and O–H groups in total. The van der Waals surface area contributed by atoms with E-state index >= 15 is 0 Å². The smallest absolute Gasteiger partial charge is 0.320 e. The van der Waals surface area contributed by atoms with Gasteiger partial charge in [0.15, 0.2) is 5.78 Å². The lowest BCUT2D eigenvalue weighted by Crippen LogP contribution is -2.13. The normalized spacial score (nSPS) is 13.7. The molecule has 0 saturated heterocycles. The Bertz CT molecular complexity index is 991. The molecule has 0 aliphatic heterocycles. The van der Waals surface area contributed by atoms with Gasteiger partial charge in [0, 0.05) is 16.5 Å². The van der Waals surface area contributed by atoms with Crippen molar-refractivity contribution in [1.29, 1.82) is 0 Å². The number of benzene rings is 3. The molecule has 0 amide bonds. The minimum atomic E-state index is -1.00. The average molecular weight is 320 g/mol. The highest BCUT2D eigenvalue weighted by atomic mass is 32.1. The Kier molecular flexibility index (Phi) is 3.03. The molecule has 1 aliphatic carbocycles. The number of carboxylic acids is 1. The lowest BCUT2D eigenvalue weighted by Gasteiger charge is -2.23. The molecule has 3 nitrogen and oxygen atoms in total. The van der Waals surface area contributed by atoms with Crippen molar-refractivity contribution in [1.82, 2.24) is 0 Å². The molecule has 4 heteroatoms. The van der Waals surface area contributed by atoms with Crippen LogP contribution in [-0.4, -0.2) is 16.9 Å². The molecule has 4 rings (SSSR count). The molecule has 112 valence electrons. The molecule has 0 spiro atoms. The van der Waals surface area contributed by atoms with Gasteiger partial charge in [0.1, 0.15) is 5.25 Å². The summed E-state index contributed by atoms with van der Waals surface area (Å²) in [6.45, 7) is 0. The van der Waals surface area contributed by atoms with E-state index in [9.17, 15) is 14.7 Å². The number of hydrogen-bond donors (Lipinski definition) is 2. The van der Waals surface area contributed by atoms with E-state index in [-0.39, 0.29) is 5.78 Å². The van der Waals surface area contributed by atoms with E-state index in [2.05, 4.69) is 12.6 Å². The summed E-state index contributed by atoms with van der Waals surface area (Å²) < 4.78 is 0. The van der Waals surface area contributed by atoms with Gasteiger partial charge in [-0.15, -0.1) is 0 Å². The Morgan fingerprint density at radius 3 is 2.35 bits per heavy atom. The molecule has 0 heterocycles. The summed E-state index contributed by atoms with van der Waals surface area (Å²) in [6, 6.07) is 16.5. The largest absolute Gasteiger partial charge is 0.480 e. The third-order valence-electron chi connectivity index (χ3n) is 4.29. The molecule has 0 fully saturated rings. The average Bonchev–Trinajstić information content (AvgIpc) is 2.58. The van der Waals surface area contributed by atoms with Crippen molar-refractivity contribution in [3.8, 4) is 11.1 Å². The third-order valence-corrected chi connectivity index (χ3v) is 4.79. The summed E-state index contributed by atoms with van der Waals surface area (Å²) in [5.41, 5.74) is 3.41. The van der Waals surface area contributed by atoms with Crippen molar-refractivity contribution in [2.45, 2.75) is 5.25 Å². The van der Waals surface area contributed by atoms with E-state index in [1.165, 1.54) is 0 Å². The summed E-state index contributed by atoms with van der Waals surface area (Å²) in [6.07, 6.45) is 0. The van der Waals surface area contributed by atoms with E-state index in [0.29, 0.717) is 16.7 Å². The minimum absolute atomic E-state index is 0.0260. The highest BCUT2D eigenvalue weighted by molar-refractivity contribution is 7.81. The van der Waals surface area contributed by atoms with E-state index in [1.54, 1.807) is 18.2 Å². The maximum atomic E-state index is 12.8. The molecule has 1 atom stereocenters. The number of carboxylic acid groups (broad SMARTS) is 1. The zero-order chi connectivity index (χ0) is 16.1. The van der Waals surface area contributed by atoms with Crippen molar-refractivity contribution in [2.75, 3.05) is 0 Å². The molecule has 0 aromatic heterocycles. The van der Waals surface area contributed by atoms with Gasteiger partial charge in [0.25, 0.3) is 0 Å². The van der Waals surface area contributed by atoms with Crippen LogP contribution < -0.4 is 0 Å². The maximum absolute atomic E-state index is 12.8. The minimum Gasteiger partial charge on any atom is -0.480 e. The Balaban J connectivity index is 2.21. The first-order valence-corrected chi connectivity index (χ1v) is 7.72. The van der Waals surface area contributed by atoms with Gasteiger partial charge in [-0.1, -0.05) is 54.6 Å². The van der Waals surface area contributed by atoms with Crippen LogP contribution in [0.15, 0.2) is 54.6 Å². The molecular formula is C19H12O3S. The van der Waals surface area contributed by atoms with Crippen LogP contribution in [0.25, 0.3) is 21.9 Å². The number of thiol groups is 1. The summed E-state index contributed by atoms with van der Waals surface area (Å²) >= 11 is 4.25. The van der Waals surface area contributed by atoms with Gasteiger partial charge in [-0.05, 0) is 22.1 Å². The standard InChI is InChI=1S/C19H12O3S/c20-17-12-6-2-1-5-11(12)16-14(18(23)19(21)22)9-8-10-4-3-7-13(17)15(10)16/h1-9,18,23H,(H,21,22). The predicted octanol–water partition coefficient (Wildman–Crippen LogP) is 4.11. The van der Waals surface area contributed by atoms with Crippen LogP contribution >= 0.6 is 12.6 Å². The van der Waals surface area contributed by atoms with Crippen LogP contribution in [-0.2, 0) is 4.79 Å². The zero-order valence-electron chi connectivity index (χ0n) is 12.0. The first-order chi connectivity index (χ1) is 11.1. The lowest BCUT2D eigenvalue weighted by molar-refractivity contribution is -0.136. The van der Waals surface area contributed by atoms with Crippen LogP contribution in [0, 0.1) is 0 Å². The number of fused-ring (bicyclic) bond motifs is 2. The first-order valence-electron chi connectivity index (χ1n) is 7.20. The number of rotatable bonds is 2. The number of hydrogen-bond acceptors (Lipinski definition) is 3. The number of aliphatic carboxylic acids is 1. The van der Waals surface area contributed by atoms with Crippen LogP contribution in [0.5, 0.6) is 0 Å². The quantitative estimate of drug-likeness (QED) is 0.547. The first kappa shape index (κ1) is 14.0. The molecule has 1 aliphatic rings. The molecule has 0 saturated carbocycles. The van der Waals surface area contributed by atoms with Gasteiger partial charge in [-0.3, -0.25) is 9.59 Å². The van der Waals surface area contributed by atoms with E-state index in [1.807, 2.05) is 36.4 Å². The monoisotopic (exact) mass is 320 g/mol. The Morgan fingerprint density at radius 2 is 1.61 bits per heavy atom. The van der Waals surface area contributed by atoms with Gasteiger partial charge in [-0.25, -0.2) is 0 Å². The highest BCUT2D eigenvalue weighted by Gasteiger charge is 2.29. The Labute approximate surface area is 138 Å². The summed E-state index contributed by atoms with van der Waals surface area (Å²) in [7, 11) is 0. The van der Waals surface area contributed by atoms with Gasteiger partial charge < -0.3 is 5.11 Å². The fraction of sp³-hybridized carbons (Fsp3) is 0.0526. The van der Waals surface area contributed by atoms with Crippen LogP contribution in [0.1, 0.15) is 26.7 Å².